The van der Waals surface area contributed by atoms with Gasteiger partial charge in [-0.2, -0.15) is 0 Å². The summed E-state index contributed by atoms with van der Waals surface area (Å²) in [6, 6.07) is 7.13. The largest absolute Gasteiger partial charge is 0.315 e. The number of likely N-dealkylation sites (N-methyl/N-ethyl adjacent to an activating group) is 1. The standard InChI is InChI=1S/C18H24N2O/c1-3-19-18(17-13-5-4-6-14(13)17)11-7-8-15-12(9-11)10-16(21)20(15)2/h7-9,13-14,17-19H,3-6,10H2,1-2H3. The lowest BCUT2D eigenvalue weighted by Crippen LogP contribution is -2.24. The molecular formula is C18H24N2O. The van der Waals surface area contributed by atoms with Gasteiger partial charge in [0.25, 0.3) is 0 Å². The predicted molar refractivity (Wildman–Crippen MR) is 84.3 cm³/mol. The van der Waals surface area contributed by atoms with Gasteiger partial charge in [0, 0.05) is 18.8 Å². The number of carbonyl (C=O) groups excluding carboxylic acids is 1. The SMILES string of the molecule is CCNC(c1ccc2c(c1)CC(=O)N2C)C1C2CCCC21. The fourth-order valence-corrected chi connectivity index (χ4v) is 4.75. The molecule has 2 saturated carbocycles. The van der Waals surface area contributed by atoms with E-state index in [-0.39, 0.29) is 5.91 Å². The number of fused-ring (bicyclic) bond motifs is 2. The van der Waals surface area contributed by atoms with Crippen LogP contribution in [0.4, 0.5) is 5.69 Å². The third kappa shape index (κ3) is 2.02. The number of rotatable bonds is 4. The van der Waals surface area contributed by atoms with E-state index in [1.165, 1.54) is 30.4 Å². The zero-order valence-electron chi connectivity index (χ0n) is 12.9. The van der Waals surface area contributed by atoms with Gasteiger partial charge in [-0.1, -0.05) is 25.5 Å². The van der Waals surface area contributed by atoms with Crippen LogP contribution in [0.1, 0.15) is 43.4 Å². The van der Waals surface area contributed by atoms with Crippen LogP contribution < -0.4 is 10.2 Å². The molecule has 3 nitrogen and oxygen atoms in total. The van der Waals surface area contributed by atoms with E-state index in [9.17, 15) is 4.79 Å². The summed E-state index contributed by atoms with van der Waals surface area (Å²) < 4.78 is 0. The van der Waals surface area contributed by atoms with Crippen molar-refractivity contribution >= 4 is 11.6 Å². The van der Waals surface area contributed by atoms with Crippen LogP contribution in [0, 0.1) is 17.8 Å². The monoisotopic (exact) mass is 284 g/mol. The van der Waals surface area contributed by atoms with Crippen LogP contribution in [0.15, 0.2) is 18.2 Å². The predicted octanol–water partition coefficient (Wildman–Crippen LogP) is 2.90. The van der Waals surface area contributed by atoms with Gasteiger partial charge in [0.2, 0.25) is 5.91 Å². The number of anilines is 1. The molecule has 2 aliphatic carbocycles. The van der Waals surface area contributed by atoms with Crippen molar-refractivity contribution in [3.8, 4) is 0 Å². The van der Waals surface area contributed by atoms with E-state index >= 15 is 0 Å². The Hall–Kier alpha value is -1.35. The van der Waals surface area contributed by atoms with Gasteiger partial charge in [-0.05, 0) is 54.3 Å². The Balaban J connectivity index is 1.62. The van der Waals surface area contributed by atoms with E-state index in [2.05, 4.69) is 30.4 Å². The molecule has 1 amide bonds. The minimum absolute atomic E-state index is 0.213. The van der Waals surface area contributed by atoms with Crippen molar-refractivity contribution in [2.24, 2.45) is 17.8 Å². The summed E-state index contributed by atoms with van der Waals surface area (Å²) in [5.74, 6) is 2.94. The normalized spacial score (nSPS) is 31.2. The molecule has 1 N–H and O–H groups in total. The third-order valence-electron chi connectivity index (χ3n) is 5.82. The lowest BCUT2D eigenvalue weighted by atomic mass is 9.95. The highest BCUT2D eigenvalue weighted by Crippen LogP contribution is 2.62. The van der Waals surface area contributed by atoms with Crippen LogP contribution in [0.3, 0.4) is 0 Å². The Kier molecular flexibility index (Phi) is 3.07. The highest BCUT2D eigenvalue weighted by Gasteiger charge is 2.55. The molecule has 0 spiro atoms. The second-order valence-corrected chi connectivity index (χ2v) is 6.89. The second-order valence-electron chi connectivity index (χ2n) is 6.89. The lowest BCUT2D eigenvalue weighted by molar-refractivity contribution is -0.117. The summed E-state index contributed by atoms with van der Waals surface area (Å²) in [6.07, 6.45) is 4.83. The van der Waals surface area contributed by atoms with Crippen molar-refractivity contribution < 1.29 is 4.79 Å². The molecule has 4 rings (SSSR count). The number of benzene rings is 1. The fraction of sp³-hybridized carbons (Fsp3) is 0.611. The Morgan fingerprint density at radius 1 is 1.33 bits per heavy atom. The Morgan fingerprint density at radius 3 is 2.81 bits per heavy atom. The first-order valence-electron chi connectivity index (χ1n) is 8.33. The topological polar surface area (TPSA) is 32.3 Å². The maximum Gasteiger partial charge on any atom is 0.231 e. The number of amides is 1. The molecule has 2 fully saturated rings. The molecule has 3 unspecified atom stereocenters. The van der Waals surface area contributed by atoms with Crippen LogP contribution in [0.2, 0.25) is 0 Å². The Bertz CT molecular complexity index is 573. The lowest BCUT2D eigenvalue weighted by Gasteiger charge is -2.21. The van der Waals surface area contributed by atoms with E-state index in [0.29, 0.717) is 12.5 Å². The molecule has 1 heterocycles. The third-order valence-corrected chi connectivity index (χ3v) is 5.82. The molecule has 3 aliphatic rings. The van der Waals surface area contributed by atoms with Crippen LogP contribution in [-0.4, -0.2) is 19.5 Å². The Labute approximate surface area is 126 Å². The van der Waals surface area contributed by atoms with Gasteiger partial charge >= 0.3 is 0 Å². The molecule has 21 heavy (non-hydrogen) atoms. The summed E-state index contributed by atoms with van der Waals surface area (Å²) in [4.78, 5) is 13.6. The average Bonchev–Trinajstić information content (AvgIpc) is 2.82. The van der Waals surface area contributed by atoms with Gasteiger partial charge in [-0.25, -0.2) is 0 Å². The molecule has 0 saturated heterocycles. The fourth-order valence-electron chi connectivity index (χ4n) is 4.75. The van der Waals surface area contributed by atoms with Gasteiger partial charge in [0.05, 0.1) is 6.42 Å². The van der Waals surface area contributed by atoms with Crippen LogP contribution in [0.5, 0.6) is 0 Å². The number of nitrogens with one attached hydrogen (secondary N) is 1. The quantitative estimate of drug-likeness (QED) is 0.922. The molecule has 1 aliphatic heterocycles. The number of carbonyl (C=O) groups is 1. The number of hydrogen-bond donors (Lipinski definition) is 1. The van der Waals surface area contributed by atoms with Gasteiger partial charge < -0.3 is 10.2 Å². The van der Waals surface area contributed by atoms with Gasteiger partial charge in [0.15, 0.2) is 0 Å². The average molecular weight is 284 g/mol. The summed E-state index contributed by atoms with van der Waals surface area (Å²) in [5.41, 5.74) is 3.68. The first-order valence-corrected chi connectivity index (χ1v) is 8.33. The maximum atomic E-state index is 11.9. The summed E-state index contributed by atoms with van der Waals surface area (Å²) >= 11 is 0. The highest BCUT2D eigenvalue weighted by atomic mass is 16.2. The molecule has 112 valence electrons. The first-order chi connectivity index (χ1) is 10.2. The first kappa shape index (κ1) is 13.3. The molecule has 0 aromatic heterocycles. The second kappa shape index (κ2) is 4.84. The minimum Gasteiger partial charge on any atom is -0.315 e. The van der Waals surface area contributed by atoms with Crippen molar-refractivity contribution in [3.05, 3.63) is 29.3 Å². The summed E-state index contributed by atoms with van der Waals surface area (Å²) in [7, 11) is 1.88. The molecule has 0 radical (unpaired) electrons. The molecule has 1 aromatic carbocycles. The van der Waals surface area contributed by atoms with Crippen LogP contribution in [-0.2, 0) is 11.2 Å². The zero-order chi connectivity index (χ0) is 14.6. The van der Waals surface area contributed by atoms with E-state index in [1.54, 1.807) is 4.90 Å². The van der Waals surface area contributed by atoms with E-state index in [4.69, 9.17) is 0 Å². The van der Waals surface area contributed by atoms with E-state index < -0.39 is 0 Å². The Morgan fingerprint density at radius 2 is 2.10 bits per heavy atom. The minimum atomic E-state index is 0.213. The molecular weight excluding hydrogens is 260 g/mol. The van der Waals surface area contributed by atoms with Crippen LogP contribution >= 0.6 is 0 Å². The van der Waals surface area contributed by atoms with Gasteiger partial charge in [-0.3, -0.25) is 4.79 Å². The molecule has 1 aromatic rings. The van der Waals surface area contributed by atoms with E-state index in [0.717, 1.165) is 30.0 Å². The highest BCUT2D eigenvalue weighted by molar-refractivity contribution is 6.00. The van der Waals surface area contributed by atoms with Crippen LogP contribution in [0.25, 0.3) is 0 Å². The van der Waals surface area contributed by atoms with Crippen molar-refractivity contribution in [2.75, 3.05) is 18.5 Å². The number of hydrogen-bond acceptors (Lipinski definition) is 2. The zero-order valence-corrected chi connectivity index (χ0v) is 12.9. The van der Waals surface area contributed by atoms with Gasteiger partial charge in [0.1, 0.15) is 0 Å². The summed E-state index contributed by atoms with van der Waals surface area (Å²) in [5, 5.41) is 3.70. The van der Waals surface area contributed by atoms with Crippen molar-refractivity contribution in [3.63, 3.8) is 0 Å². The van der Waals surface area contributed by atoms with Crippen molar-refractivity contribution in [2.45, 2.75) is 38.6 Å². The maximum absolute atomic E-state index is 11.9. The molecule has 3 heteroatoms. The summed E-state index contributed by atoms with van der Waals surface area (Å²) in [6.45, 7) is 3.20. The number of nitrogens with zero attached hydrogens (tertiary/aromatic N) is 1. The van der Waals surface area contributed by atoms with E-state index in [1.807, 2.05) is 7.05 Å². The molecule has 3 atom stereocenters. The van der Waals surface area contributed by atoms with Crippen molar-refractivity contribution in [1.82, 2.24) is 5.32 Å². The smallest absolute Gasteiger partial charge is 0.231 e. The van der Waals surface area contributed by atoms with Crippen molar-refractivity contribution in [1.29, 1.82) is 0 Å². The molecule has 0 bridgehead atoms. The van der Waals surface area contributed by atoms with Gasteiger partial charge in [-0.15, -0.1) is 0 Å².